The molecule has 26 heavy (non-hydrogen) atoms. The van der Waals surface area contributed by atoms with E-state index in [1.807, 2.05) is 18.2 Å². The maximum atomic E-state index is 12.0. The molecule has 0 unspecified atom stereocenters. The van der Waals surface area contributed by atoms with E-state index >= 15 is 0 Å². The molecule has 1 aliphatic carbocycles. The zero-order valence-corrected chi connectivity index (χ0v) is 14.3. The van der Waals surface area contributed by atoms with Crippen LogP contribution in [0.15, 0.2) is 39.4 Å². The quantitative estimate of drug-likeness (QED) is 0.314. The number of hydrogen-bond donors (Lipinski definition) is 3. The van der Waals surface area contributed by atoms with E-state index in [0.29, 0.717) is 12.1 Å². The van der Waals surface area contributed by atoms with E-state index in [9.17, 15) is 9.59 Å². The Morgan fingerprint density at radius 2 is 2.04 bits per heavy atom. The Morgan fingerprint density at radius 3 is 2.81 bits per heavy atom. The first kappa shape index (κ1) is 17.7. The van der Waals surface area contributed by atoms with Gasteiger partial charge in [-0.2, -0.15) is 10.2 Å². The van der Waals surface area contributed by atoms with Gasteiger partial charge in [-0.3, -0.25) is 9.59 Å². The zero-order valence-electron chi connectivity index (χ0n) is 14.3. The van der Waals surface area contributed by atoms with E-state index in [1.54, 1.807) is 6.07 Å². The lowest BCUT2D eigenvalue weighted by Crippen LogP contribution is -2.39. The predicted octanol–water partition coefficient (Wildman–Crippen LogP) is 0.772. The summed E-state index contributed by atoms with van der Waals surface area (Å²) < 4.78 is 0. The molecule has 9 heteroatoms. The molecule has 0 saturated heterocycles. The number of anilines is 1. The van der Waals surface area contributed by atoms with E-state index in [1.165, 1.54) is 0 Å². The lowest BCUT2D eigenvalue weighted by Gasteiger charge is -2.18. The molecule has 0 fully saturated rings. The van der Waals surface area contributed by atoms with Crippen LogP contribution in [0.4, 0.5) is 5.69 Å². The second-order valence-electron chi connectivity index (χ2n) is 6.19. The van der Waals surface area contributed by atoms with Gasteiger partial charge in [0.2, 0.25) is 0 Å². The molecular formula is C17H21N7O2. The Labute approximate surface area is 150 Å². The van der Waals surface area contributed by atoms with Gasteiger partial charge in [0, 0.05) is 12.0 Å². The average Bonchev–Trinajstić information content (AvgIpc) is 2.68. The third-order valence-electron chi connectivity index (χ3n) is 4.50. The topological polar surface area (TPSA) is 143 Å². The fraction of sp³-hybridized carbons (Fsp3) is 0.353. The predicted molar refractivity (Wildman–Crippen MR) is 96.3 cm³/mol. The Balaban J connectivity index is 1.84. The highest BCUT2D eigenvalue weighted by atomic mass is 16.2. The highest BCUT2D eigenvalue weighted by Crippen LogP contribution is 2.23. The molecule has 0 bridgehead atoms. The number of aromatic nitrogens is 2. The number of nitrogens with two attached hydrogens (primary N) is 2. The Hall–Kier alpha value is -3.07. The van der Waals surface area contributed by atoms with Crippen molar-refractivity contribution in [1.82, 2.24) is 10.2 Å². The van der Waals surface area contributed by atoms with Crippen LogP contribution in [-0.4, -0.2) is 22.6 Å². The first-order chi connectivity index (χ1) is 12.6. The molecule has 136 valence electrons. The number of hydrazine groups is 1. The number of benzene rings is 1. The van der Waals surface area contributed by atoms with Crippen molar-refractivity contribution in [1.29, 1.82) is 0 Å². The van der Waals surface area contributed by atoms with Crippen molar-refractivity contribution < 1.29 is 4.79 Å². The molecule has 0 spiro atoms. The van der Waals surface area contributed by atoms with Crippen LogP contribution in [0.5, 0.6) is 0 Å². The van der Waals surface area contributed by atoms with Gasteiger partial charge in [-0.1, -0.05) is 17.4 Å². The number of hydrogen-bond acceptors (Lipinski definition) is 6. The van der Waals surface area contributed by atoms with Crippen LogP contribution >= 0.6 is 0 Å². The second-order valence-corrected chi connectivity index (χ2v) is 6.19. The molecule has 1 aromatic heterocycles. The summed E-state index contributed by atoms with van der Waals surface area (Å²) in [4.78, 5) is 23.9. The number of carbonyl (C=O) groups is 1. The summed E-state index contributed by atoms with van der Waals surface area (Å²) in [7, 11) is 0. The molecule has 3 rings (SSSR count). The standard InChI is InChI=1S/C17H21N7O2/c18-23-20-10-16(25)24(19)12-5-3-4-11(8-12)9-15-13-6-1-2-7-14(13)17(26)22-21-15/h3-5,8H,1-2,6-7,9-10,19H2,(H2,18,20)(H,22,26). The molecule has 1 amide bonds. The zero-order chi connectivity index (χ0) is 18.5. The van der Waals surface area contributed by atoms with Gasteiger partial charge < -0.3 is 5.84 Å². The summed E-state index contributed by atoms with van der Waals surface area (Å²) in [6.07, 6.45) is 4.30. The summed E-state index contributed by atoms with van der Waals surface area (Å²) >= 11 is 0. The Kier molecular flexibility index (Phi) is 5.37. The molecule has 1 aliphatic rings. The molecule has 0 saturated carbocycles. The molecule has 5 N–H and O–H groups in total. The maximum Gasteiger partial charge on any atom is 0.267 e. The van der Waals surface area contributed by atoms with Gasteiger partial charge >= 0.3 is 0 Å². The van der Waals surface area contributed by atoms with E-state index in [0.717, 1.165) is 53.1 Å². The van der Waals surface area contributed by atoms with Gasteiger partial charge in [0.15, 0.2) is 0 Å². The number of fused-ring (bicyclic) bond motifs is 1. The number of nitrogens with zero attached hydrogens (tertiary/aromatic N) is 4. The van der Waals surface area contributed by atoms with Crippen LogP contribution < -0.4 is 22.3 Å². The van der Waals surface area contributed by atoms with Crippen LogP contribution in [0.2, 0.25) is 0 Å². The van der Waals surface area contributed by atoms with Crippen molar-refractivity contribution in [3.05, 3.63) is 57.0 Å². The van der Waals surface area contributed by atoms with Crippen LogP contribution in [0, 0.1) is 0 Å². The highest BCUT2D eigenvalue weighted by molar-refractivity contribution is 5.93. The van der Waals surface area contributed by atoms with Crippen LogP contribution in [0.1, 0.15) is 35.2 Å². The number of H-pyrrole nitrogens is 1. The SMILES string of the molecule is NN=NCC(=O)N(N)c1cccc(Cc2n[nH]c(=O)c3c2CCCC3)c1. The number of rotatable bonds is 5. The molecule has 0 aliphatic heterocycles. The van der Waals surface area contributed by atoms with Gasteiger partial charge in [-0.15, -0.1) is 0 Å². The number of amides is 1. The highest BCUT2D eigenvalue weighted by Gasteiger charge is 2.18. The molecule has 0 radical (unpaired) electrons. The lowest BCUT2D eigenvalue weighted by molar-refractivity contribution is -0.117. The van der Waals surface area contributed by atoms with Crippen LogP contribution in [0.25, 0.3) is 0 Å². The molecular weight excluding hydrogens is 334 g/mol. The Morgan fingerprint density at radius 1 is 1.27 bits per heavy atom. The second kappa shape index (κ2) is 7.87. The van der Waals surface area contributed by atoms with Crippen molar-refractivity contribution in [3.8, 4) is 0 Å². The largest absolute Gasteiger partial charge is 0.305 e. The maximum absolute atomic E-state index is 12.0. The van der Waals surface area contributed by atoms with Crippen molar-refractivity contribution in [2.24, 2.45) is 22.0 Å². The van der Waals surface area contributed by atoms with Gasteiger partial charge in [0.05, 0.1) is 11.4 Å². The summed E-state index contributed by atoms with van der Waals surface area (Å²) in [5, 5.41) is 14.4. The summed E-state index contributed by atoms with van der Waals surface area (Å²) in [6.45, 7) is -0.216. The van der Waals surface area contributed by atoms with E-state index in [-0.39, 0.29) is 12.1 Å². The van der Waals surface area contributed by atoms with E-state index in [4.69, 9.17) is 11.7 Å². The van der Waals surface area contributed by atoms with Gasteiger partial charge in [-0.25, -0.2) is 16.0 Å². The lowest BCUT2D eigenvalue weighted by atomic mass is 9.90. The van der Waals surface area contributed by atoms with Gasteiger partial charge in [-0.05, 0) is 48.9 Å². The monoisotopic (exact) mass is 355 g/mol. The molecule has 1 aromatic carbocycles. The van der Waals surface area contributed by atoms with Crippen molar-refractivity contribution in [2.45, 2.75) is 32.1 Å². The third kappa shape index (κ3) is 3.77. The number of nitrogens with one attached hydrogen (secondary N) is 1. The Bertz CT molecular complexity index is 891. The minimum atomic E-state index is -0.420. The van der Waals surface area contributed by atoms with Crippen molar-refractivity contribution in [2.75, 3.05) is 11.6 Å². The van der Waals surface area contributed by atoms with E-state index in [2.05, 4.69) is 20.5 Å². The van der Waals surface area contributed by atoms with Crippen LogP contribution in [-0.2, 0) is 24.1 Å². The molecule has 9 nitrogen and oxygen atoms in total. The van der Waals surface area contributed by atoms with Crippen LogP contribution in [0.3, 0.4) is 0 Å². The number of aromatic amines is 1. The fourth-order valence-electron chi connectivity index (χ4n) is 3.20. The minimum absolute atomic E-state index is 0.0926. The van der Waals surface area contributed by atoms with Gasteiger partial charge in [0.25, 0.3) is 11.5 Å². The molecule has 0 atom stereocenters. The van der Waals surface area contributed by atoms with Crippen molar-refractivity contribution >= 4 is 11.6 Å². The van der Waals surface area contributed by atoms with Gasteiger partial charge in [0.1, 0.15) is 6.54 Å². The normalized spacial score (nSPS) is 13.6. The minimum Gasteiger partial charge on any atom is -0.305 e. The molecule has 2 aromatic rings. The first-order valence-corrected chi connectivity index (χ1v) is 8.42. The average molecular weight is 355 g/mol. The smallest absolute Gasteiger partial charge is 0.267 e. The van der Waals surface area contributed by atoms with E-state index < -0.39 is 5.91 Å². The molecule has 1 heterocycles. The number of carbonyl (C=O) groups excluding carboxylic acids is 1. The first-order valence-electron chi connectivity index (χ1n) is 8.42. The fourth-order valence-corrected chi connectivity index (χ4v) is 3.20. The summed E-state index contributed by atoms with van der Waals surface area (Å²) in [5.74, 6) is 10.3. The summed E-state index contributed by atoms with van der Waals surface area (Å²) in [6, 6.07) is 7.31. The third-order valence-corrected chi connectivity index (χ3v) is 4.50. The van der Waals surface area contributed by atoms with Crippen molar-refractivity contribution in [3.63, 3.8) is 0 Å². The summed E-state index contributed by atoms with van der Waals surface area (Å²) in [5.41, 5.74) is 4.15.